The number of amides is 1. The summed E-state index contributed by atoms with van der Waals surface area (Å²) < 4.78 is 0. The lowest BCUT2D eigenvalue weighted by molar-refractivity contribution is -0.120. The maximum absolute atomic E-state index is 11.2. The molecule has 1 rings (SSSR count). The number of hydrogen-bond acceptors (Lipinski definition) is 2. The number of rotatable bonds is 4. The molecule has 0 aromatic rings. The van der Waals surface area contributed by atoms with E-state index >= 15 is 0 Å². The van der Waals surface area contributed by atoms with Crippen LogP contribution in [-0.2, 0) is 4.79 Å². The van der Waals surface area contributed by atoms with Crippen molar-refractivity contribution in [2.75, 3.05) is 20.6 Å². The first kappa shape index (κ1) is 13.2. The molecule has 0 heterocycles. The molecule has 0 aromatic carbocycles. The van der Waals surface area contributed by atoms with E-state index in [0.29, 0.717) is 17.9 Å². The summed E-state index contributed by atoms with van der Waals surface area (Å²) in [6.07, 6.45) is 5.46. The van der Waals surface area contributed by atoms with Gasteiger partial charge in [-0.2, -0.15) is 0 Å². The van der Waals surface area contributed by atoms with Crippen molar-refractivity contribution in [2.24, 2.45) is 11.8 Å². The molecule has 0 radical (unpaired) electrons. The van der Waals surface area contributed by atoms with E-state index in [9.17, 15) is 4.79 Å². The third-order valence-electron chi connectivity index (χ3n) is 3.36. The molecule has 0 aromatic heterocycles. The van der Waals surface area contributed by atoms with E-state index in [0.717, 1.165) is 13.0 Å². The second kappa shape index (κ2) is 6.04. The van der Waals surface area contributed by atoms with Crippen LogP contribution in [0, 0.1) is 11.8 Å². The molecule has 1 aliphatic carbocycles. The fourth-order valence-corrected chi connectivity index (χ4v) is 2.61. The van der Waals surface area contributed by atoms with Crippen LogP contribution in [0.4, 0.5) is 0 Å². The molecule has 0 spiro atoms. The summed E-state index contributed by atoms with van der Waals surface area (Å²) in [4.78, 5) is 13.4. The lowest BCUT2D eigenvalue weighted by Crippen LogP contribution is -2.46. The Morgan fingerprint density at radius 3 is 2.69 bits per heavy atom. The minimum atomic E-state index is 0.0819. The summed E-state index contributed by atoms with van der Waals surface area (Å²) in [5, 5.41) is 3.09. The van der Waals surface area contributed by atoms with Gasteiger partial charge in [-0.05, 0) is 45.2 Å². The van der Waals surface area contributed by atoms with Gasteiger partial charge in [0, 0.05) is 19.5 Å². The summed E-state index contributed by atoms with van der Waals surface area (Å²) in [7, 11) is 4.18. The third-order valence-corrected chi connectivity index (χ3v) is 3.36. The normalized spacial score (nSPS) is 30.1. The van der Waals surface area contributed by atoms with Gasteiger partial charge in [-0.3, -0.25) is 4.79 Å². The predicted molar refractivity (Wildman–Crippen MR) is 67.2 cm³/mol. The maximum Gasteiger partial charge on any atom is 0.217 e. The molecule has 3 heteroatoms. The van der Waals surface area contributed by atoms with Crippen molar-refractivity contribution in [3.05, 3.63) is 12.7 Å². The Kier molecular flexibility index (Phi) is 5.00. The van der Waals surface area contributed by atoms with Crippen LogP contribution in [0.3, 0.4) is 0 Å². The third kappa shape index (κ3) is 3.97. The van der Waals surface area contributed by atoms with Crippen LogP contribution in [0.2, 0.25) is 0 Å². The number of carbonyl (C=O) groups is 1. The largest absolute Gasteiger partial charge is 0.353 e. The second-order valence-electron chi connectivity index (χ2n) is 5.14. The van der Waals surface area contributed by atoms with Crippen molar-refractivity contribution in [1.82, 2.24) is 10.2 Å². The minimum absolute atomic E-state index is 0.0819. The summed E-state index contributed by atoms with van der Waals surface area (Å²) in [6, 6.07) is 0.316. The molecule has 1 aliphatic rings. The molecule has 3 atom stereocenters. The van der Waals surface area contributed by atoms with Gasteiger partial charge in [-0.15, -0.1) is 6.58 Å². The number of nitrogens with one attached hydrogen (secondary N) is 1. The molecule has 0 unspecified atom stereocenters. The van der Waals surface area contributed by atoms with Crippen molar-refractivity contribution >= 4 is 5.91 Å². The highest BCUT2D eigenvalue weighted by molar-refractivity contribution is 5.73. The molecular formula is C13H24N2O. The molecule has 1 saturated carbocycles. The van der Waals surface area contributed by atoms with E-state index in [4.69, 9.17) is 0 Å². The Morgan fingerprint density at radius 2 is 2.19 bits per heavy atom. The number of hydrogen-bond donors (Lipinski definition) is 1. The number of carbonyl (C=O) groups excluding carboxylic acids is 1. The topological polar surface area (TPSA) is 32.3 Å². The van der Waals surface area contributed by atoms with Crippen molar-refractivity contribution in [3.63, 3.8) is 0 Å². The fourth-order valence-electron chi connectivity index (χ4n) is 2.61. The SMILES string of the molecule is C=C[C@@H]1CC[C@@H](CN(C)C)[C@@H](NC(C)=O)C1. The van der Waals surface area contributed by atoms with Crippen LogP contribution < -0.4 is 5.32 Å². The molecule has 1 amide bonds. The van der Waals surface area contributed by atoms with Crippen LogP contribution in [0.1, 0.15) is 26.2 Å². The first-order valence-corrected chi connectivity index (χ1v) is 6.07. The highest BCUT2D eigenvalue weighted by Crippen LogP contribution is 2.30. The zero-order valence-corrected chi connectivity index (χ0v) is 10.7. The standard InChI is InChI=1S/C13H24N2O/c1-5-11-6-7-12(9-15(3)4)13(8-11)14-10(2)16/h5,11-13H,1,6-9H2,2-4H3,(H,14,16)/t11-,12+,13+/m1/s1. The van der Waals surface area contributed by atoms with Gasteiger partial charge in [-0.1, -0.05) is 6.08 Å². The first-order valence-electron chi connectivity index (χ1n) is 6.07. The smallest absolute Gasteiger partial charge is 0.217 e. The number of nitrogens with zero attached hydrogens (tertiary/aromatic N) is 1. The van der Waals surface area contributed by atoms with Gasteiger partial charge in [0.05, 0.1) is 0 Å². The van der Waals surface area contributed by atoms with E-state index in [1.165, 1.54) is 12.8 Å². The van der Waals surface area contributed by atoms with Crippen LogP contribution in [0.25, 0.3) is 0 Å². The molecule has 16 heavy (non-hydrogen) atoms. The number of allylic oxidation sites excluding steroid dienone is 1. The Balaban J connectivity index is 2.59. The van der Waals surface area contributed by atoms with Gasteiger partial charge in [0.1, 0.15) is 0 Å². The van der Waals surface area contributed by atoms with Crippen LogP contribution >= 0.6 is 0 Å². The molecule has 1 fully saturated rings. The molecular weight excluding hydrogens is 200 g/mol. The highest BCUT2D eigenvalue weighted by Gasteiger charge is 2.29. The summed E-state index contributed by atoms with van der Waals surface area (Å²) >= 11 is 0. The van der Waals surface area contributed by atoms with E-state index < -0.39 is 0 Å². The average Bonchev–Trinajstić information content (AvgIpc) is 2.19. The molecule has 0 aliphatic heterocycles. The fraction of sp³-hybridized carbons (Fsp3) is 0.769. The van der Waals surface area contributed by atoms with Crippen LogP contribution in [0.5, 0.6) is 0 Å². The van der Waals surface area contributed by atoms with Gasteiger partial charge in [0.25, 0.3) is 0 Å². The monoisotopic (exact) mass is 224 g/mol. The lowest BCUT2D eigenvalue weighted by atomic mass is 9.78. The molecule has 1 N–H and O–H groups in total. The van der Waals surface area contributed by atoms with Crippen LogP contribution in [0.15, 0.2) is 12.7 Å². The van der Waals surface area contributed by atoms with Gasteiger partial charge >= 0.3 is 0 Å². The summed E-state index contributed by atoms with van der Waals surface area (Å²) in [6.45, 7) is 6.51. The first-order chi connectivity index (χ1) is 7.52. The quantitative estimate of drug-likeness (QED) is 0.737. The van der Waals surface area contributed by atoms with Gasteiger partial charge in [-0.25, -0.2) is 0 Å². The zero-order chi connectivity index (χ0) is 12.1. The Bertz CT molecular complexity index is 250. The van der Waals surface area contributed by atoms with E-state index in [2.05, 4.69) is 30.9 Å². The average molecular weight is 224 g/mol. The van der Waals surface area contributed by atoms with Gasteiger partial charge in [0.2, 0.25) is 5.91 Å². The van der Waals surface area contributed by atoms with E-state index in [1.807, 2.05) is 6.08 Å². The zero-order valence-electron chi connectivity index (χ0n) is 10.7. The molecule has 0 bridgehead atoms. The summed E-state index contributed by atoms with van der Waals surface area (Å²) in [5.74, 6) is 1.23. The Hall–Kier alpha value is -0.830. The molecule has 92 valence electrons. The second-order valence-corrected chi connectivity index (χ2v) is 5.14. The lowest BCUT2D eigenvalue weighted by Gasteiger charge is -2.36. The van der Waals surface area contributed by atoms with Crippen LogP contribution in [-0.4, -0.2) is 37.5 Å². The minimum Gasteiger partial charge on any atom is -0.353 e. The van der Waals surface area contributed by atoms with Crippen molar-refractivity contribution in [1.29, 1.82) is 0 Å². The van der Waals surface area contributed by atoms with E-state index in [-0.39, 0.29) is 5.91 Å². The van der Waals surface area contributed by atoms with Gasteiger partial charge in [0.15, 0.2) is 0 Å². The highest BCUT2D eigenvalue weighted by atomic mass is 16.1. The molecule has 3 nitrogen and oxygen atoms in total. The Labute approximate surface area is 98.9 Å². The van der Waals surface area contributed by atoms with E-state index in [1.54, 1.807) is 6.92 Å². The predicted octanol–water partition coefficient (Wildman–Crippen LogP) is 1.66. The van der Waals surface area contributed by atoms with Crippen molar-refractivity contribution < 1.29 is 4.79 Å². The van der Waals surface area contributed by atoms with Crippen molar-refractivity contribution in [2.45, 2.75) is 32.2 Å². The van der Waals surface area contributed by atoms with Gasteiger partial charge < -0.3 is 10.2 Å². The maximum atomic E-state index is 11.2. The Morgan fingerprint density at radius 1 is 1.50 bits per heavy atom. The molecule has 0 saturated heterocycles. The summed E-state index contributed by atoms with van der Waals surface area (Å²) in [5.41, 5.74) is 0. The van der Waals surface area contributed by atoms with Crippen molar-refractivity contribution in [3.8, 4) is 0 Å².